The zero-order valence-electron chi connectivity index (χ0n) is 10.9. The van der Waals surface area contributed by atoms with E-state index >= 15 is 0 Å². The number of hydrogen-bond acceptors (Lipinski definition) is 3. The Balaban J connectivity index is 2.06. The van der Waals surface area contributed by atoms with E-state index in [1.165, 1.54) is 6.42 Å². The van der Waals surface area contributed by atoms with Gasteiger partial charge in [-0.3, -0.25) is 4.90 Å². The van der Waals surface area contributed by atoms with Gasteiger partial charge in [0.25, 0.3) is 0 Å². The van der Waals surface area contributed by atoms with E-state index in [1.54, 1.807) is 6.26 Å². The molecule has 1 saturated heterocycles. The summed E-state index contributed by atoms with van der Waals surface area (Å²) < 4.78 is 5.56. The Kier molecular flexibility index (Phi) is 4.24. The van der Waals surface area contributed by atoms with Crippen LogP contribution in [-0.2, 0) is 0 Å². The third-order valence-corrected chi connectivity index (χ3v) is 4.15. The first-order valence-corrected chi connectivity index (χ1v) is 6.73. The molecule has 1 aromatic rings. The SMILES string of the molecule is CCC(c1ccco1)N1CCC(C)C(CN)C1. The fourth-order valence-corrected chi connectivity index (χ4v) is 2.89. The van der Waals surface area contributed by atoms with Crippen LogP contribution in [0.25, 0.3) is 0 Å². The molecule has 1 aromatic heterocycles. The molecule has 3 unspecified atom stereocenters. The Morgan fingerprint density at radius 2 is 2.41 bits per heavy atom. The number of rotatable bonds is 4. The molecule has 0 bridgehead atoms. The van der Waals surface area contributed by atoms with Gasteiger partial charge in [-0.05, 0) is 49.9 Å². The molecule has 96 valence electrons. The van der Waals surface area contributed by atoms with Gasteiger partial charge in [0.15, 0.2) is 0 Å². The van der Waals surface area contributed by atoms with Crippen LogP contribution in [0.5, 0.6) is 0 Å². The second-order valence-electron chi connectivity index (χ2n) is 5.20. The van der Waals surface area contributed by atoms with E-state index in [0.717, 1.165) is 37.7 Å². The highest BCUT2D eigenvalue weighted by molar-refractivity contribution is 5.05. The minimum absolute atomic E-state index is 0.423. The number of piperidine rings is 1. The lowest BCUT2D eigenvalue weighted by atomic mass is 9.86. The van der Waals surface area contributed by atoms with Crippen LogP contribution in [0.1, 0.15) is 38.5 Å². The van der Waals surface area contributed by atoms with Crippen LogP contribution in [0.2, 0.25) is 0 Å². The maximum absolute atomic E-state index is 5.87. The minimum Gasteiger partial charge on any atom is -0.468 e. The Morgan fingerprint density at radius 3 is 3.00 bits per heavy atom. The van der Waals surface area contributed by atoms with E-state index in [4.69, 9.17) is 10.2 Å². The summed E-state index contributed by atoms with van der Waals surface area (Å²) in [6, 6.07) is 4.49. The molecule has 3 nitrogen and oxygen atoms in total. The molecule has 1 aliphatic heterocycles. The third kappa shape index (κ3) is 2.72. The van der Waals surface area contributed by atoms with Crippen molar-refractivity contribution in [3.05, 3.63) is 24.2 Å². The zero-order valence-corrected chi connectivity index (χ0v) is 10.9. The zero-order chi connectivity index (χ0) is 12.3. The first-order valence-electron chi connectivity index (χ1n) is 6.73. The summed E-state index contributed by atoms with van der Waals surface area (Å²) in [4.78, 5) is 2.54. The summed E-state index contributed by atoms with van der Waals surface area (Å²) in [5, 5.41) is 0. The van der Waals surface area contributed by atoms with Crippen LogP contribution in [0.4, 0.5) is 0 Å². The van der Waals surface area contributed by atoms with Crippen LogP contribution < -0.4 is 5.73 Å². The van der Waals surface area contributed by atoms with Crippen molar-refractivity contribution in [1.82, 2.24) is 4.90 Å². The molecule has 0 aromatic carbocycles. The summed E-state index contributed by atoms with van der Waals surface area (Å²) in [6.45, 7) is 7.62. The van der Waals surface area contributed by atoms with Crippen molar-refractivity contribution in [2.45, 2.75) is 32.7 Å². The molecule has 2 N–H and O–H groups in total. The molecule has 1 aliphatic rings. The molecule has 1 fully saturated rings. The highest BCUT2D eigenvalue weighted by atomic mass is 16.3. The van der Waals surface area contributed by atoms with Gasteiger partial charge in [-0.15, -0.1) is 0 Å². The lowest BCUT2D eigenvalue weighted by molar-refractivity contribution is 0.0785. The van der Waals surface area contributed by atoms with E-state index in [-0.39, 0.29) is 0 Å². The third-order valence-electron chi connectivity index (χ3n) is 4.15. The van der Waals surface area contributed by atoms with Crippen molar-refractivity contribution >= 4 is 0 Å². The predicted octanol–water partition coefficient (Wildman–Crippen LogP) is 2.65. The smallest absolute Gasteiger partial charge is 0.120 e. The fourth-order valence-electron chi connectivity index (χ4n) is 2.89. The second-order valence-corrected chi connectivity index (χ2v) is 5.20. The summed E-state index contributed by atoms with van der Waals surface area (Å²) >= 11 is 0. The molecule has 17 heavy (non-hydrogen) atoms. The topological polar surface area (TPSA) is 42.4 Å². The van der Waals surface area contributed by atoms with Crippen LogP contribution >= 0.6 is 0 Å². The number of likely N-dealkylation sites (tertiary alicyclic amines) is 1. The molecule has 0 amide bonds. The van der Waals surface area contributed by atoms with Crippen molar-refractivity contribution < 1.29 is 4.42 Å². The van der Waals surface area contributed by atoms with Gasteiger partial charge in [-0.2, -0.15) is 0 Å². The predicted molar refractivity (Wildman–Crippen MR) is 69.6 cm³/mol. The van der Waals surface area contributed by atoms with Gasteiger partial charge in [0.1, 0.15) is 5.76 Å². The Labute approximate surface area is 104 Å². The van der Waals surface area contributed by atoms with Crippen molar-refractivity contribution in [2.75, 3.05) is 19.6 Å². The van der Waals surface area contributed by atoms with E-state index in [9.17, 15) is 0 Å². The van der Waals surface area contributed by atoms with Crippen molar-refractivity contribution in [1.29, 1.82) is 0 Å². The number of nitrogens with zero attached hydrogens (tertiary/aromatic N) is 1. The van der Waals surface area contributed by atoms with Gasteiger partial charge >= 0.3 is 0 Å². The first kappa shape index (κ1) is 12.7. The van der Waals surface area contributed by atoms with E-state index < -0.39 is 0 Å². The molecule has 3 atom stereocenters. The highest BCUT2D eigenvalue weighted by Crippen LogP contribution is 2.31. The number of nitrogens with two attached hydrogens (primary N) is 1. The van der Waals surface area contributed by atoms with Crippen molar-refractivity contribution in [3.8, 4) is 0 Å². The van der Waals surface area contributed by atoms with Crippen LogP contribution in [0.15, 0.2) is 22.8 Å². The largest absolute Gasteiger partial charge is 0.468 e. The second kappa shape index (κ2) is 5.69. The Morgan fingerprint density at radius 1 is 1.59 bits per heavy atom. The molecular weight excluding hydrogens is 212 g/mol. The first-order chi connectivity index (χ1) is 8.26. The van der Waals surface area contributed by atoms with Gasteiger partial charge in [0, 0.05) is 6.54 Å². The molecule has 0 spiro atoms. The van der Waals surface area contributed by atoms with Crippen LogP contribution in [0.3, 0.4) is 0 Å². The van der Waals surface area contributed by atoms with Crippen LogP contribution in [-0.4, -0.2) is 24.5 Å². The quantitative estimate of drug-likeness (QED) is 0.874. The number of hydrogen-bond donors (Lipinski definition) is 1. The number of furan rings is 1. The molecule has 2 heterocycles. The lowest BCUT2D eigenvalue weighted by Gasteiger charge is -2.40. The monoisotopic (exact) mass is 236 g/mol. The highest BCUT2D eigenvalue weighted by Gasteiger charge is 2.30. The average molecular weight is 236 g/mol. The van der Waals surface area contributed by atoms with Crippen molar-refractivity contribution in [3.63, 3.8) is 0 Å². The van der Waals surface area contributed by atoms with Gasteiger partial charge in [-0.1, -0.05) is 13.8 Å². The Hall–Kier alpha value is -0.800. The van der Waals surface area contributed by atoms with Gasteiger partial charge in [0.2, 0.25) is 0 Å². The standard InChI is InChI=1S/C14H24N2O/c1-3-13(14-5-4-8-17-14)16-7-6-11(2)12(9-15)10-16/h4-5,8,11-13H,3,6-7,9-10,15H2,1-2H3. The van der Waals surface area contributed by atoms with E-state index in [1.807, 2.05) is 6.07 Å². The minimum atomic E-state index is 0.423. The average Bonchev–Trinajstić information content (AvgIpc) is 2.86. The lowest BCUT2D eigenvalue weighted by Crippen LogP contribution is -2.44. The molecule has 0 saturated carbocycles. The van der Waals surface area contributed by atoms with Gasteiger partial charge in [-0.25, -0.2) is 0 Å². The summed E-state index contributed by atoms with van der Waals surface area (Å²) in [5.74, 6) is 2.48. The molecule has 0 radical (unpaired) electrons. The molecule has 2 rings (SSSR count). The normalized spacial score (nSPS) is 28.2. The van der Waals surface area contributed by atoms with E-state index in [2.05, 4.69) is 24.8 Å². The van der Waals surface area contributed by atoms with E-state index in [0.29, 0.717) is 12.0 Å². The van der Waals surface area contributed by atoms with Crippen molar-refractivity contribution in [2.24, 2.45) is 17.6 Å². The maximum atomic E-state index is 5.87. The van der Waals surface area contributed by atoms with Crippen LogP contribution in [0, 0.1) is 11.8 Å². The Bertz CT molecular complexity index is 323. The summed E-state index contributed by atoms with van der Waals surface area (Å²) in [6.07, 6.45) is 4.11. The summed E-state index contributed by atoms with van der Waals surface area (Å²) in [5.41, 5.74) is 5.87. The molecule has 0 aliphatic carbocycles. The van der Waals surface area contributed by atoms with Gasteiger partial charge in [0.05, 0.1) is 12.3 Å². The van der Waals surface area contributed by atoms with Gasteiger partial charge < -0.3 is 10.2 Å². The molecule has 3 heteroatoms. The fraction of sp³-hybridized carbons (Fsp3) is 0.714. The maximum Gasteiger partial charge on any atom is 0.120 e. The molecular formula is C14H24N2O. The summed E-state index contributed by atoms with van der Waals surface area (Å²) in [7, 11) is 0.